The molecule has 2 unspecified atom stereocenters. The summed E-state index contributed by atoms with van der Waals surface area (Å²) in [4.78, 5) is 0. The summed E-state index contributed by atoms with van der Waals surface area (Å²) >= 11 is 0. The summed E-state index contributed by atoms with van der Waals surface area (Å²) in [5.74, 6) is -2.00. The summed E-state index contributed by atoms with van der Waals surface area (Å²) in [6, 6.07) is 2.03. The van der Waals surface area contributed by atoms with Gasteiger partial charge in [-0.1, -0.05) is 6.92 Å². The van der Waals surface area contributed by atoms with E-state index in [-0.39, 0.29) is 0 Å². The zero-order valence-corrected chi connectivity index (χ0v) is 15.7. The lowest BCUT2D eigenvalue weighted by Crippen LogP contribution is -2.30. The van der Waals surface area contributed by atoms with Crippen LogP contribution in [0.2, 0.25) is 0 Å². The molecule has 1 N–H and O–H groups in total. The van der Waals surface area contributed by atoms with Crippen molar-refractivity contribution in [2.45, 2.75) is 44.2 Å². The molecule has 0 saturated carbocycles. The third-order valence-electron chi connectivity index (χ3n) is 4.92. The molecule has 1 aliphatic carbocycles. The number of benzene rings is 1. The molecule has 3 nitrogen and oxygen atoms in total. The smallest absolute Gasteiger partial charge is 0.388 e. The number of aliphatic hydroxyl groups is 1. The Morgan fingerprint density at radius 2 is 1.09 bits per heavy atom. The highest BCUT2D eigenvalue weighted by Crippen LogP contribution is 2.61. The summed E-state index contributed by atoms with van der Waals surface area (Å²) in [6.07, 6.45) is -29.3. The monoisotopic (exact) mass is 496 g/mol. The first-order chi connectivity index (χ1) is 14.7. The molecule has 0 spiro atoms. The fraction of sp³-hybridized carbons (Fsp3) is 0.444. The van der Waals surface area contributed by atoms with Crippen LogP contribution in [0.3, 0.4) is 0 Å². The summed E-state index contributed by atoms with van der Waals surface area (Å²) in [6.45, 7) is 1.03. The van der Waals surface area contributed by atoms with E-state index in [0.29, 0.717) is 0 Å². The SMILES string of the molecule is CCC1C(=C(C#N)C#N)c2c(c(C(F)(F)F)c(C(F)(F)F)c(C(F)(F)F)c2C(F)(F)F)C1O. The molecule has 1 aliphatic rings. The molecule has 33 heavy (non-hydrogen) atoms. The predicted octanol–water partition coefficient (Wildman–Crippen LogP) is 6.64. The fourth-order valence-corrected chi connectivity index (χ4v) is 3.92. The predicted molar refractivity (Wildman–Crippen MR) is 83.3 cm³/mol. The van der Waals surface area contributed by atoms with E-state index in [1.807, 2.05) is 0 Å². The van der Waals surface area contributed by atoms with Crippen LogP contribution in [0.1, 0.15) is 52.8 Å². The van der Waals surface area contributed by atoms with Crippen molar-refractivity contribution in [1.29, 1.82) is 10.5 Å². The van der Waals surface area contributed by atoms with Crippen molar-refractivity contribution >= 4 is 5.57 Å². The van der Waals surface area contributed by atoms with Crippen LogP contribution in [-0.2, 0) is 24.7 Å². The molecule has 2 rings (SSSR count). The van der Waals surface area contributed by atoms with Gasteiger partial charge >= 0.3 is 24.7 Å². The largest absolute Gasteiger partial charge is 0.417 e. The van der Waals surface area contributed by atoms with Crippen LogP contribution in [0, 0.1) is 28.6 Å². The van der Waals surface area contributed by atoms with Crippen LogP contribution < -0.4 is 0 Å². The second kappa shape index (κ2) is 7.83. The van der Waals surface area contributed by atoms with E-state index in [2.05, 4.69) is 0 Å². The van der Waals surface area contributed by atoms with E-state index in [4.69, 9.17) is 10.5 Å². The lowest BCUT2D eigenvalue weighted by molar-refractivity contribution is -0.183. The molecule has 0 bridgehead atoms. The molecule has 1 aromatic carbocycles. The van der Waals surface area contributed by atoms with Crippen molar-refractivity contribution in [3.63, 3.8) is 0 Å². The lowest BCUT2D eigenvalue weighted by atomic mass is 9.84. The summed E-state index contributed by atoms with van der Waals surface area (Å²) < 4.78 is 164. The second-order valence-corrected chi connectivity index (χ2v) is 6.75. The molecule has 0 amide bonds. The zero-order chi connectivity index (χ0) is 25.9. The van der Waals surface area contributed by atoms with E-state index in [0.717, 1.165) is 19.1 Å². The van der Waals surface area contributed by atoms with Crippen molar-refractivity contribution in [1.82, 2.24) is 0 Å². The van der Waals surface area contributed by atoms with E-state index in [1.165, 1.54) is 0 Å². The van der Waals surface area contributed by atoms with Crippen LogP contribution in [-0.4, -0.2) is 5.11 Å². The first kappa shape index (κ1) is 26.3. The number of fused-ring (bicyclic) bond motifs is 1. The Labute approximate surface area is 176 Å². The number of nitriles is 2. The number of hydrogen-bond acceptors (Lipinski definition) is 3. The Hall–Kier alpha value is -2.94. The van der Waals surface area contributed by atoms with Gasteiger partial charge < -0.3 is 5.11 Å². The number of rotatable bonds is 1. The van der Waals surface area contributed by atoms with Crippen molar-refractivity contribution < 1.29 is 57.8 Å². The first-order valence-corrected chi connectivity index (χ1v) is 8.50. The van der Waals surface area contributed by atoms with Crippen LogP contribution in [0.25, 0.3) is 5.57 Å². The van der Waals surface area contributed by atoms with Gasteiger partial charge in [0, 0.05) is 11.5 Å². The van der Waals surface area contributed by atoms with Gasteiger partial charge in [-0.25, -0.2) is 0 Å². The normalized spacial score (nSPS) is 19.2. The van der Waals surface area contributed by atoms with Gasteiger partial charge in [-0.05, 0) is 17.6 Å². The Balaban J connectivity index is 3.53. The van der Waals surface area contributed by atoms with Crippen LogP contribution >= 0.6 is 0 Å². The average Bonchev–Trinajstić information content (AvgIpc) is 2.90. The summed E-state index contributed by atoms with van der Waals surface area (Å²) in [5.41, 5.74) is -20.6. The molecule has 180 valence electrons. The van der Waals surface area contributed by atoms with Gasteiger partial charge in [0.25, 0.3) is 0 Å². The minimum absolute atomic E-state index is 0.630. The molecule has 0 aliphatic heterocycles. The van der Waals surface area contributed by atoms with Crippen molar-refractivity contribution in [3.8, 4) is 12.1 Å². The van der Waals surface area contributed by atoms with E-state index < -0.39 is 87.7 Å². The Bertz CT molecular complexity index is 1080. The lowest BCUT2D eigenvalue weighted by Gasteiger charge is -2.28. The summed E-state index contributed by atoms with van der Waals surface area (Å²) in [5, 5.41) is 28.4. The molecule has 0 heterocycles. The number of alkyl halides is 12. The molecule has 0 radical (unpaired) electrons. The highest BCUT2D eigenvalue weighted by molar-refractivity contribution is 5.87. The minimum atomic E-state index is -6.61. The standard InChI is InChI=1S/C18H8F12N2O/c1-2-6-7(5(3-31)4-32)8-9(14(6)33)11(16(22,23)24)13(18(28,29)30)12(17(25,26)27)10(8)15(19,20)21/h6,14,33H,2H2,1H3. The van der Waals surface area contributed by atoms with Gasteiger partial charge in [0.15, 0.2) is 0 Å². The second-order valence-electron chi connectivity index (χ2n) is 6.75. The fourth-order valence-electron chi connectivity index (χ4n) is 3.92. The van der Waals surface area contributed by atoms with Crippen LogP contribution in [0.4, 0.5) is 52.7 Å². The van der Waals surface area contributed by atoms with Crippen molar-refractivity contribution in [3.05, 3.63) is 39.0 Å². The van der Waals surface area contributed by atoms with Gasteiger partial charge in [0.2, 0.25) is 0 Å². The summed E-state index contributed by atoms with van der Waals surface area (Å²) in [7, 11) is 0. The maximum Gasteiger partial charge on any atom is 0.417 e. The maximum atomic E-state index is 13.8. The number of aliphatic hydroxyl groups excluding tert-OH is 1. The molecule has 15 heteroatoms. The third-order valence-corrected chi connectivity index (χ3v) is 4.92. The molecule has 2 atom stereocenters. The van der Waals surface area contributed by atoms with Gasteiger partial charge in [0.05, 0.1) is 28.4 Å². The van der Waals surface area contributed by atoms with Crippen LogP contribution in [0.15, 0.2) is 5.57 Å². The van der Waals surface area contributed by atoms with E-state index in [9.17, 15) is 57.8 Å². The molecular weight excluding hydrogens is 488 g/mol. The van der Waals surface area contributed by atoms with Gasteiger partial charge in [0.1, 0.15) is 17.7 Å². The number of hydrogen-bond donors (Lipinski definition) is 1. The topological polar surface area (TPSA) is 67.8 Å². The first-order valence-electron chi connectivity index (χ1n) is 8.50. The molecule has 1 aromatic rings. The Morgan fingerprint density at radius 1 is 0.727 bits per heavy atom. The average molecular weight is 496 g/mol. The number of allylic oxidation sites excluding steroid dienone is 1. The van der Waals surface area contributed by atoms with Gasteiger partial charge in [-0.3, -0.25) is 0 Å². The van der Waals surface area contributed by atoms with Crippen molar-refractivity contribution in [2.75, 3.05) is 0 Å². The molecule has 0 saturated heterocycles. The van der Waals surface area contributed by atoms with Crippen molar-refractivity contribution in [2.24, 2.45) is 5.92 Å². The number of halogens is 12. The Morgan fingerprint density at radius 3 is 1.39 bits per heavy atom. The minimum Gasteiger partial charge on any atom is -0.388 e. The van der Waals surface area contributed by atoms with E-state index >= 15 is 0 Å². The maximum absolute atomic E-state index is 13.8. The van der Waals surface area contributed by atoms with Gasteiger partial charge in [-0.2, -0.15) is 63.2 Å². The molecule has 0 aromatic heterocycles. The highest BCUT2D eigenvalue weighted by atomic mass is 19.4. The highest BCUT2D eigenvalue weighted by Gasteiger charge is 2.60. The van der Waals surface area contributed by atoms with E-state index in [1.54, 1.807) is 0 Å². The molecular formula is C18H8F12N2O. The quantitative estimate of drug-likeness (QED) is 0.350. The number of nitrogens with zero attached hydrogens (tertiary/aromatic N) is 2. The molecule has 0 fully saturated rings. The third kappa shape index (κ3) is 4.21. The van der Waals surface area contributed by atoms with Crippen LogP contribution in [0.5, 0.6) is 0 Å². The van der Waals surface area contributed by atoms with Gasteiger partial charge in [-0.15, -0.1) is 0 Å². The zero-order valence-electron chi connectivity index (χ0n) is 15.7. The Kier molecular flexibility index (Phi) is 6.24.